The Labute approximate surface area is 92.5 Å². The van der Waals surface area contributed by atoms with Gasteiger partial charge in [0.1, 0.15) is 0 Å². The first-order valence-electron chi connectivity index (χ1n) is 4.76. The van der Waals surface area contributed by atoms with Crippen LogP contribution in [-0.4, -0.2) is 24.5 Å². The van der Waals surface area contributed by atoms with Crippen LogP contribution in [0.1, 0.15) is 5.56 Å². The zero-order valence-corrected chi connectivity index (χ0v) is 9.00. The molecule has 0 aliphatic carbocycles. The van der Waals surface area contributed by atoms with Gasteiger partial charge in [0.05, 0.1) is 25.0 Å². The third-order valence-corrected chi connectivity index (χ3v) is 3.45. The smallest absolute Gasteiger partial charge is 0.235 e. The van der Waals surface area contributed by atoms with Gasteiger partial charge in [-0.15, -0.1) is 11.8 Å². The van der Waals surface area contributed by atoms with Crippen molar-refractivity contribution in [1.29, 1.82) is 0 Å². The molecule has 78 valence electrons. The van der Waals surface area contributed by atoms with E-state index in [-0.39, 0.29) is 0 Å². The molecule has 0 unspecified atom stereocenters. The van der Waals surface area contributed by atoms with Gasteiger partial charge in [-0.2, -0.15) is 0 Å². The Morgan fingerprint density at radius 2 is 2.27 bits per heavy atom. The van der Waals surface area contributed by atoms with Gasteiger partial charge in [-0.25, -0.2) is 9.79 Å². The molecule has 1 fully saturated rings. The predicted molar refractivity (Wildman–Crippen MR) is 58.7 cm³/mol. The Morgan fingerprint density at radius 1 is 1.47 bits per heavy atom. The Balaban J connectivity index is 2.09. The fraction of sp³-hybridized carbons (Fsp3) is 0.364. The van der Waals surface area contributed by atoms with E-state index in [0.29, 0.717) is 11.8 Å². The van der Waals surface area contributed by atoms with E-state index >= 15 is 0 Å². The topological polar surface area (TPSA) is 38.7 Å². The summed E-state index contributed by atoms with van der Waals surface area (Å²) in [6.45, 7) is 2.05. The van der Waals surface area contributed by atoms with E-state index < -0.39 is 0 Å². The summed E-state index contributed by atoms with van der Waals surface area (Å²) in [5.74, 6) is 0. The number of aliphatic imine (C=N–C) groups is 1. The molecule has 0 saturated carbocycles. The molecule has 1 heterocycles. The van der Waals surface area contributed by atoms with Crippen molar-refractivity contribution in [2.45, 2.75) is 16.7 Å². The number of benzene rings is 1. The zero-order chi connectivity index (χ0) is 10.5. The van der Waals surface area contributed by atoms with Gasteiger partial charge in [-0.05, 0) is 11.6 Å². The standard InChI is InChI=1S/C11H11NO2S/c13-8-12-5-9-3-1-2-4-11(9)15-10-6-14-7-10/h1-4,10H,5-7H2. The number of thioether (sulfide) groups is 1. The van der Waals surface area contributed by atoms with Crippen molar-refractivity contribution in [2.75, 3.05) is 13.2 Å². The van der Waals surface area contributed by atoms with Crippen LogP contribution in [0.2, 0.25) is 0 Å². The molecular formula is C11H11NO2S. The lowest BCUT2D eigenvalue weighted by Crippen LogP contribution is -2.30. The lowest BCUT2D eigenvalue weighted by Gasteiger charge is -2.25. The molecule has 0 spiro atoms. The normalized spacial score (nSPS) is 15.5. The SMILES string of the molecule is O=C=NCc1ccccc1SC1COC1. The number of hydrogen-bond acceptors (Lipinski definition) is 4. The van der Waals surface area contributed by atoms with Crippen LogP contribution in [0.4, 0.5) is 0 Å². The maximum atomic E-state index is 10.1. The highest BCUT2D eigenvalue weighted by Crippen LogP contribution is 2.30. The number of ether oxygens (including phenoxy) is 1. The molecule has 0 atom stereocenters. The third-order valence-electron chi connectivity index (χ3n) is 2.19. The fourth-order valence-electron chi connectivity index (χ4n) is 1.33. The molecule has 0 amide bonds. The van der Waals surface area contributed by atoms with E-state index in [1.807, 2.05) is 18.2 Å². The first-order chi connectivity index (χ1) is 7.40. The van der Waals surface area contributed by atoms with Crippen molar-refractivity contribution in [3.05, 3.63) is 29.8 Å². The van der Waals surface area contributed by atoms with Crippen LogP contribution in [-0.2, 0) is 16.1 Å². The van der Waals surface area contributed by atoms with E-state index in [0.717, 1.165) is 18.8 Å². The minimum absolute atomic E-state index is 0.417. The zero-order valence-electron chi connectivity index (χ0n) is 8.18. The summed E-state index contributed by atoms with van der Waals surface area (Å²) in [6.07, 6.45) is 1.57. The summed E-state index contributed by atoms with van der Waals surface area (Å²) in [5, 5.41) is 0.548. The quantitative estimate of drug-likeness (QED) is 0.576. The summed E-state index contributed by atoms with van der Waals surface area (Å²) >= 11 is 1.79. The summed E-state index contributed by atoms with van der Waals surface area (Å²) in [4.78, 5) is 14.8. The second-order valence-electron chi connectivity index (χ2n) is 3.29. The summed E-state index contributed by atoms with van der Waals surface area (Å²) < 4.78 is 5.12. The average molecular weight is 221 g/mol. The molecule has 1 aromatic rings. The van der Waals surface area contributed by atoms with Gasteiger partial charge in [0, 0.05) is 4.90 Å². The fourth-order valence-corrected chi connectivity index (χ4v) is 2.46. The molecule has 15 heavy (non-hydrogen) atoms. The van der Waals surface area contributed by atoms with E-state index in [9.17, 15) is 4.79 Å². The highest BCUT2D eigenvalue weighted by Gasteiger charge is 2.20. The van der Waals surface area contributed by atoms with Crippen LogP contribution >= 0.6 is 11.8 Å². The number of nitrogens with zero attached hydrogens (tertiary/aromatic N) is 1. The lowest BCUT2D eigenvalue weighted by atomic mass is 10.2. The molecule has 1 saturated heterocycles. The van der Waals surface area contributed by atoms with Crippen molar-refractivity contribution in [3.8, 4) is 0 Å². The largest absolute Gasteiger partial charge is 0.379 e. The molecule has 0 N–H and O–H groups in total. The van der Waals surface area contributed by atoms with Gasteiger partial charge in [-0.3, -0.25) is 0 Å². The summed E-state index contributed by atoms with van der Waals surface area (Å²) in [6, 6.07) is 7.99. The lowest BCUT2D eigenvalue weighted by molar-refractivity contribution is 0.0455. The Morgan fingerprint density at radius 3 is 2.93 bits per heavy atom. The number of isocyanates is 1. The highest BCUT2D eigenvalue weighted by atomic mass is 32.2. The molecule has 0 radical (unpaired) electrons. The van der Waals surface area contributed by atoms with Crippen molar-refractivity contribution in [2.24, 2.45) is 4.99 Å². The molecule has 1 aliphatic heterocycles. The first kappa shape index (κ1) is 10.4. The molecule has 1 aromatic carbocycles. The average Bonchev–Trinajstić information content (AvgIpc) is 2.22. The predicted octanol–water partition coefficient (Wildman–Crippen LogP) is 2.01. The van der Waals surface area contributed by atoms with Gasteiger partial charge in [-0.1, -0.05) is 18.2 Å². The van der Waals surface area contributed by atoms with E-state index in [1.165, 1.54) is 4.90 Å². The summed E-state index contributed by atoms with van der Waals surface area (Å²) in [5.41, 5.74) is 1.08. The van der Waals surface area contributed by atoms with Gasteiger partial charge < -0.3 is 4.74 Å². The number of hydrogen-bond donors (Lipinski definition) is 0. The molecule has 1 aliphatic rings. The number of rotatable bonds is 4. The maximum absolute atomic E-state index is 10.1. The molecule has 2 rings (SSSR count). The van der Waals surface area contributed by atoms with Gasteiger partial charge in [0.15, 0.2) is 0 Å². The molecule has 3 nitrogen and oxygen atoms in total. The first-order valence-corrected chi connectivity index (χ1v) is 5.64. The van der Waals surface area contributed by atoms with Crippen LogP contribution in [0.5, 0.6) is 0 Å². The van der Waals surface area contributed by atoms with Crippen molar-refractivity contribution < 1.29 is 9.53 Å². The van der Waals surface area contributed by atoms with E-state index in [2.05, 4.69) is 11.1 Å². The molecule has 0 bridgehead atoms. The van der Waals surface area contributed by atoms with Gasteiger partial charge in [0.2, 0.25) is 6.08 Å². The number of carbonyl (C=O) groups excluding carboxylic acids is 1. The molecule has 0 aromatic heterocycles. The molecular weight excluding hydrogens is 210 g/mol. The van der Waals surface area contributed by atoms with Crippen LogP contribution in [0.15, 0.2) is 34.2 Å². The van der Waals surface area contributed by atoms with E-state index in [1.54, 1.807) is 17.8 Å². The Hall–Kier alpha value is -1.09. The Bertz CT molecular complexity index is 384. The van der Waals surface area contributed by atoms with Crippen LogP contribution in [0.25, 0.3) is 0 Å². The monoisotopic (exact) mass is 221 g/mol. The highest BCUT2D eigenvalue weighted by molar-refractivity contribution is 8.00. The third kappa shape index (κ3) is 2.69. The minimum Gasteiger partial charge on any atom is -0.379 e. The Kier molecular flexibility index (Phi) is 3.56. The van der Waals surface area contributed by atoms with Crippen LogP contribution < -0.4 is 0 Å². The van der Waals surface area contributed by atoms with Crippen LogP contribution in [0, 0.1) is 0 Å². The maximum Gasteiger partial charge on any atom is 0.235 e. The second kappa shape index (κ2) is 5.12. The second-order valence-corrected chi connectivity index (χ2v) is 4.63. The van der Waals surface area contributed by atoms with E-state index in [4.69, 9.17) is 4.74 Å². The molecule has 4 heteroatoms. The minimum atomic E-state index is 0.417. The van der Waals surface area contributed by atoms with Crippen molar-refractivity contribution in [3.63, 3.8) is 0 Å². The van der Waals surface area contributed by atoms with Crippen molar-refractivity contribution in [1.82, 2.24) is 0 Å². The van der Waals surface area contributed by atoms with Gasteiger partial charge >= 0.3 is 0 Å². The van der Waals surface area contributed by atoms with Crippen molar-refractivity contribution >= 4 is 17.8 Å². The van der Waals surface area contributed by atoms with Crippen LogP contribution in [0.3, 0.4) is 0 Å². The van der Waals surface area contributed by atoms with Gasteiger partial charge in [0.25, 0.3) is 0 Å². The summed E-state index contributed by atoms with van der Waals surface area (Å²) in [7, 11) is 0.